The third-order valence-corrected chi connectivity index (χ3v) is 4.99. The van der Waals surface area contributed by atoms with Gasteiger partial charge in [0.15, 0.2) is 0 Å². The molecule has 0 amide bonds. The van der Waals surface area contributed by atoms with Gasteiger partial charge in [-0.05, 0) is 35.4 Å². The zero-order valence-corrected chi connectivity index (χ0v) is 16.7. The summed E-state index contributed by atoms with van der Waals surface area (Å²) in [7, 11) is 0. The van der Waals surface area contributed by atoms with Crippen LogP contribution in [0.15, 0.2) is 48.5 Å². The van der Waals surface area contributed by atoms with E-state index in [9.17, 15) is 9.59 Å². The zero-order valence-electron chi connectivity index (χ0n) is 16.7. The molecular formula is C22H26N4O4. The molecule has 0 aliphatic carbocycles. The first kappa shape index (κ1) is 21.3. The predicted octanol–water partition coefficient (Wildman–Crippen LogP) is 2.08. The number of benzene rings is 2. The second kappa shape index (κ2) is 9.89. The van der Waals surface area contributed by atoms with Crippen molar-refractivity contribution in [2.75, 3.05) is 31.1 Å². The molecule has 1 saturated heterocycles. The monoisotopic (exact) mass is 410 g/mol. The summed E-state index contributed by atoms with van der Waals surface area (Å²) >= 11 is 0. The predicted molar refractivity (Wildman–Crippen MR) is 114 cm³/mol. The van der Waals surface area contributed by atoms with Crippen LogP contribution in [0, 0.1) is 5.41 Å². The SMILES string of the molecule is N=C(N)CC(=O)OCc1cccc(N2CCN(Cc3ccc(C(=O)O)cc3)CC2)c1. The number of aromatic carboxylic acids is 1. The Kier molecular flexibility index (Phi) is 7.03. The molecule has 1 fully saturated rings. The van der Waals surface area contributed by atoms with Crippen molar-refractivity contribution >= 4 is 23.5 Å². The number of nitrogens with zero attached hydrogens (tertiary/aromatic N) is 2. The molecule has 0 bridgehead atoms. The molecule has 0 spiro atoms. The third kappa shape index (κ3) is 6.05. The highest BCUT2D eigenvalue weighted by molar-refractivity contribution is 5.94. The van der Waals surface area contributed by atoms with E-state index in [0.29, 0.717) is 5.56 Å². The lowest BCUT2D eigenvalue weighted by Gasteiger charge is -2.36. The minimum Gasteiger partial charge on any atom is -0.478 e. The van der Waals surface area contributed by atoms with Gasteiger partial charge < -0.3 is 20.5 Å². The Morgan fingerprint density at radius 3 is 2.37 bits per heavy atom. The Bertz CT molecular complexity index is 906. The van der Waals surface area contributed by atoms with Gasteiger partial charge in [0, 0.05) is 38.4 Å². The van der Waals surface area contributed by atoms with Crippen LogP contribution < -0.4 is 10.6 Å². The summed E-state index contributed by atoms with van der Waals surface area (Å²) < 4.78 is 5.16. The average molecular weight is 410 g/mol. The van der Waals surface area contributed by atoms with E-state index < -0.39 is 11.9 Å². The fraction of sp³-hybridized carbons (Fsp3) is 0.318. The number of anilines is 1. The number of esters is 1. The number of carboxylic acids is 1. The van der Waals surface area contributed by atoms with Crippen LogP contribution in [-0.4, -0.2) is 54.0 Å². The second-order valence-electron chi connectivity index (χ2n) is 7.30. The summed E-state index contributed by atoms with van der Waals surface area (Å²) in [5.41, 5.74) is 8.59. The van der Waals surface area contributed by atoms with E-state index in [4.69, 9.17) is 21.0 Å². The van der Waals surface area contributed by atoms with Crippen LogP contribution in [0.4, 0.5) is 5.69 Å². The highest BCUT2D eigenvalue weighted by Crippen LogP contribution is 2.20. The Morgan fingerprint density at radius 2 is 1.73 bits per heavy atom. The summed E-state index contributed by atoms with van der Waals surface area (Å²) in [5, 5.41) is 16.1. The highest BCUT2D eigenvalue weighted by atomic mass is 16.5. The molecule has 0 aromatic heterocycles. The van der Waals surface area contributed by atoms with Crippen LogP contribution in [0.25, 0.3) is 0 Å². The normalized spacial score (nSPS) is 14.3. The zero-order chi connectivity index (χ0) is 21.5. The van der Waals surface area contributed by atoms with Crippen molar-refractivity contribution in [3.63, 3.8) is 0 Å². The number of carboxylic acid groups (broad SMARTS) is 1. The fourth-order valence-corrected chi connectivity index (χ4v) is 3.39. The third-order valence-electron chi connectivity index (χ3n) is 4.99. The van der Waals surface area contributed by atoms with E-state index in [1.54, 1.807) is 12.1 Å². The van der Waals surface area contributed by atoms with Crippen molar-refractivity contribution in [1.82, 2.24) is 4.90 Å². The quantitative estimate of drug-likeness (QED) is 0.346. The van der Waals surface area contributed by atoms with E-state index in [1.165, 1.54) is 0 Å². The number of carbonyl (C=O) groups excluding carboxylic acids is 1. The van der Waals surface area contributed by atoms with Crippen molar-refractivity contribution in [3.8, 4) is 0 Å². The molecule has 8 heteroatoms. The van der Waals surface area contributed by atoms with E-state index in [-0.39, 0.29) is 18.9 Å². The van der Waals surface area contributed by atoms with E-state index >= 15 is 0 Å². The molecule has 1 heterocycles. The van der Waals surface area contributed by atoms with Gasteiger partial charge in [-0.25, -0.2) is 4.79 Å². The Morgan fingerprint density at radius 1 is 1.03 bits per heavy atom. The average Bonchev–Trinajstić information content (AvgIpc) is 2.73. The molecule has 4 N–H and O–H groups in total. The van der Waals surface area contributed by atoms with Crippen LogP contribution >= 0.6 is 0 Å². The summed E-state index contributed by atoms with van der Waals surface area (Å²) in [6, 6.07) is 14.9. The molecule has 3 rings (SSSR count). The number of rotatable bonds is 8. The lowest BCUT2D eigenvalue weighted by atomic mass is 10.1. The Hall–Kier alpha value is -3.39. The number of nitrogens with two attached hydrogens (primary N) is 1. The number of piperazine rings is 1. The molecule has 0 radical (unpaired) electrons. The van der Waals surface area contributed by atoms with Gasteiger partial charge in [-0.2, -0.15) is 0 Å². The highest BCUT2D eigenvalue weighted by Gasteiger charge is 2.18. The van der Waals surface area contributed by atoms with Crippen molar-refractivity contribution in [1.29, 1.82) is 5.41 Å². The lowest BCUT2D eigenvalue weighted by molar-refractivity contribution is -0.143. The number of amidine groups is 1. The van der Waals surface area contributed by atoms with Crippen LogP contribution in [-0.2, 0) is 22.7 Å². The molecule has 0 saturated carbocycles. The summed E-state index contributed by atoms with van der Waals surface area (Å²) in [4.78, 5) is 27.2. The Balaban J connectivity index is 1.50. The van der Waals surface area contributed by atoms with Crippen LogP contribution in [0.1, 0.15) is 27.9 Å². The van der Waals surface area contributed by atoms with Gasteiger partial charge in [0.25, 0.3) is 0 Å². The van der Waals surface area contributed by atoms with E-state index in [1.807, 2.05) is 36.4 Å². The standard InChI is InChI=1S/C22H26N4O4/c23-20(24)13-21(27)30-15-17-2-1-3-19(12-17)26-10-8-25(9-11-26)14-16-4-6-18(7-5-16)22(28)29/h1-7,12H,8-11,13-15H2,(H3,23,24)(H,28,29). The molecule has 2 aromatic carbocycles. The summed E-state index contributed by atoms with van der Waals surface area (Å²) in [5.74, 6) is -1.62. The topological polar surface area (TPSA) is 120 Å². The summed E-state index contributed by atoms with van der Waals surface area (Å²) in [6.45, 7) is 4.50. The molecular weight excluding hydrogens is 384 g/mol. The van der Waals surface area contributed by atoms with E-state index in [2.05, 4.69) is 9.80 Å². The number of hydrogen-bond donors (Lipinski definition) is 3. The molecule has 0 unspecified atom stereocenters. The first-order chi connectivity index (χ1) is 14.4. The van der Waals surface area contributed by atoms with Crippen LogP contribution in [0.2, 0.25) is 0 Å². The number of ether oxygens (including phenoxy) is 1. The maximum absolute atomic E-state index is 11.6. The van der Waals surface area contributed by atoms with Gasteiger partial charge in [0.2, 0.25) is 0 Å². The molecule has 0 atom stereocenters. The van der Waals surface area contributed by atoms with E-state index in [0.717, 1.165) is 49.5 Å². The van der Waals surface area contributed by atoms with Gasteiger partial charge in [0.05, 0.1) is 5.56 Å². The van der Waals surface area contributed by atoms with Crippen molar-refractivity contribution in [2.24, 2.45) is 5.73 Å². The minimum atomic E-state index is -0.911. The van der Waals surface area contributed by atoms with Crippen molar-refractivity contribution < 1.29 is 19.4 Å². The molecule has 1 aliphatic heterocycles. The first-order valence-electron chi connectivity index (χ1n) is 9.78. The largest absolute Gasteiger partial charge is 0.478 e. The van der Waals surface area contributed by atoms with Crippen LogP contribution in [0.3, 0.4) is 0 Å². The lowest BCUT2D eigenvalue weighted by Crippen LogP contribution is -2.46. The molecule has 1 aliphatic rings. The first-order valence-corrected chi connectivity index (χ1v) is 9.78. The summed E-state index contributed by atoms with van der Waals surface area (Å²) in [6.07, 6.45) is -0.194. The molecule has 8 nitrogen and oxygen atoms in total. The number of hydrogen-bond acceptors (Lipinski definition) is 6. The molecule has 2 aromatic rings. The van der Waals surface area contributed by atoms with Gasteiger partial charge in [-0.15, -0.1) is 0 Å². The minimum absolute atomic E-state index is 0.159. The van der Waals surface area contributed by atoms with Gasteiger partial charge in [-0.1, -0.05) is 24.3 Å². The number of nitrogens with one attached hydrogen (secondary N) is 1. The maximum atomic E-state index is 11.6. The smallest absolute Gasteiger partial charge is 0.335 e. The van der Waals surface area contributed by atoms with Crippen molar-refractivity contribution in [3.05, 3.63) is 65.2 Å². The number of carbonyl (C=O) groups is 2. The Labute approximate surface area is 175 Å². The molecule has 30 heavy (non-hydrogen) atoms. The van der Waals surface area contributed by atoms with Crippen LogP contribution in [0.5, 0.6) is 0 Å². The molecule has 158 valence electrons. The van der Waals surface area contributed by atoms with Crippen molar-refractivity contribution in [2.45, 2.75) is 19.6 Å². The second-order valence-corrected chi connectivity index (χ2v) is 7.30. The maximum Gasteiger partial charge on any atom is 0.335 e. The van der Waals surface area contributed by atoms with Gasteiger partial charge in [0.1, 0.15) is 18.9 Å². The van der Waals surface area contributed by atoms with Gasteiger partial charge >= 0.3 is 11.9 Å². The van der Waals surface area contributed by atoms with Gasteiger partial charge in [-0.3, -0.25) is 15.1 Å². The fourth-order valence-electron chi connectivity index (χ4n) is 3.39.